The van der Waals surface area contributed by atoms with Crippen LogP contribution >= 0.6 is 0 Å². The highest BCUT2D eigenvalue weighted by atomic mass is 16.5. The Balaban J connectivity index is 2.76. The van der Waals surface area contributed by atoms with E-state index in [1.165, 1.54) is 7.11 Å². The number of carbonyl (C=O) groups is 2. The number of amides is 1. The lowest BCUT2D eigenvalue weighted by molar-refractivity contribution is -0.146. The van der Waals surface area contributed by atoms with Gasteiger partial charge < -0.3 is 24.0 Å². The minimum Gasteiger partial charge on any atom is -0.493 e. The molecule has 0 N–H and O–H groups in total. The fourth-order valence-corrected chi connectivity index (χ4v) is 2.69. The normalized spacial score (nSPS) is 11.8. The molecule has 0 bridgehead atoms. The lowest BCUT2D eigenvalue weighted by Crippen LogP contribution is -2.44. The van der Waals surface area contributed by atoms with Crippen LogP contribution in [-0.2, 0) is 14.3 Å². The van der Waals surface area contributed by atoms with Crippen LogP contribution in [-0.4, -0.2) is 75.2 Å². The molecule has 0 aromatic heterocycles. The third-order valence-corrected chi connectivity index (χ3v) is 4.45. The van der Waals surface area contributed by atoms with Crippen LogP contribution in [0.5, 0.6) is 11.5 Å². The van der Waals surface area contributed by atoms with Gasteiger partial charge in [-0.15, -0.1) is 0 Å². The number of benzene rings is 1. The van der Waals surface area contributed by atoms with Gasteiger partial charge in [0.2, 0.25) is 0 Å². The molecule has 27 heavy (non-hydrogen) atoms. The van der Waals surface area contributed by atoms with Crippen molar-refractivity contribution in [2.24, 2.45) is 5.92 Å². The van der Waals surface area contributed by atoms with Crippen molar-refractivity contribution in [1.82, 2.24) is 9.80 Å². The molecular weight excluding hydrogens is 348 g/mol. The second kappa shape index (κ2) is 12.2. The first kappa shape index (κ1) is 22.8. The Bertz CT molecular complexity index is 589. The number of rotatable bonds is 12. The maximum Gasteiger partial charge on any atom is 0.310 e. The molecule has 0 fully saturated rings. The second-order valence-corrected chi connectivity index (χ2v) is 6.23. The second-order valence-electron chi connectivity index (χ2n) is 6.23. The minimum atomic E-state index is -0.401. The van der Waals surface area contributed by atoms with Crippen molar-refractivity contribution in [1.29, 1.82) is 0 Å². The molecule has 0 saturated carbocycles. The van der Waals surface area contributed by atoms with E-state index in [-0.39, 0.29) is 18.5 Å². The van der Waals surface area contributed by atoms with E-state index in [9.17, 15) is 9.59 Å². The number of methoxy groups -OCH3 is 2. The van der Waals surface area contributed by atoms with Gasteiger partial charge in [0.15, 0.2) is 18.1 Å². The molecule has 0 aliphatic rings. The molecule has 1 atom stereocenters. The van der Waals surface area contributed by atoms with Crippen LogP contribution < -0.4 is 9.47 Å². The third kappa shape index (κ3) is 7.46. The van der Waals surface area contributed by atoms with Crippen molar-refractivity contribution in [3.8, 4) is 11.5 Å². The fraction of sp³-hybridized carbons (Fsp3) is 0.600. The first-order valence-corrected chi connectivity index (χ1v) is 9.30. The first-order valence-electron chi connectivity index (χ1n) is 9.30. The highest BCUT2D eigenvalue weighted by Crippen LogP contribution is 2.25. The number of para-hydroxylation sites is 2. The molecule has 1 unspecified atom stereocenters. The number of likely N-dealkylation sites (N-methyl/N-ethyl adjacent to an activating group) is 1. The Morgan fingerprint density at radius 1 is 1.04 bits per heavy atom. The number of nitrogens with zero attached hydrogens (tertiary/aromatic N) is 2. The summed E-state index contributed by atoms with van der Waals surface area (Å²) in [5.74, 6) is 0.174. The molecule has 1 aromatic carbocycles. The molecule has 7 heteroatoms. The van der Waals surface area contributed by atoms with E-state index < -0.39 is 5.92 Å². The highest BCUT2D eigenvalue weighted by molar-refractivity contribution is 5.79. The van der Waals surface area contributed by atoms with Gasteiger partial charge in [-0.1, -0.05) is 32.9 Å². The van der Waals surface area contributed by atoms with E-state index in [1.807, 2.05) is 12.1 Å². The molecule has 0 radical (unpaired) electrons. The molecule has 0 spiro atoms. The molecule has 1 aromatic rings. The van der Waals surface area contributed by atoms with Gasteiger partial charge in [0.05, 0.1) is 20.1 Å². The van der Waals surface area contributed by atoms with Gasteiger partial charge in [-0.25, -0.2) is 0 Å². The molecule has 0 saturated heterocycles. The van der Waals surface area contributed by atoms with Crippen LogP contribution in [0.25, 0.3) is 0 Å². The zero-order chi connectivity index (χ0) is 20.2. The predicted molar refractivity (Wildman–Crippen MR) is 104 cm³/mol. The van der Waals surface area contributed by atoms with E-state index in [1.54, 1.807) is 31.1 Å². The monoisotopic (exact) mass is 380 g/mol. The summed E-state index contributed by atoms with van der Waals surface area (Å²) in [7, 11) is 2.91. The lowest BCUT2D eigenvalue weighted by Gasteiger charge is -2.28. The molecular formula is C20H32N2O5. The van der Waals surface area contributed by atoms with Gasteiger partial charge in [-0.05, 0) is 25.2 Å². The Hall–Kier alpha value is -2.28. The summed E-state index contributed by atoms with van der Waals surface area (Å²) in [5.41, 5.74) is 0. The lowest BCUT2D eigenvalue weighted by atomic mass is 10.1. The van der Waals surface area contributed by atoms with Crippen LogP contribution in [0.4, 0.5) is 0 Å². The maximum atomic E-state index is 12.7. The maximum absolute atomic E-state index is 12.7. The average Bonchev–Trinajstić information content (AvgIpc) is 2.70. The summed E-state index contributed by atoms with van der Waals surface area (Å²) in [6.45, 7) is 9.16. The molecule has 0 heterocycles. The van der Waals surface area contributed by atoms with Crippen molar-refractivity contribution in [2.45, 2.75) is 20.8 Å². The van der Waals surface area contributed by atoms with Gasteiger partial charge in [-0.3, -0.25) is 9.59 Å². The third-order valence-electron chi connectivity index (χ3n) is 4.45. The van der Waals surface area contributed by atoms with Gasteiger partial charge >= 0.3 is 5.97 Å². The van der Waals surface area contributed by atoms with Crippen molar-refractivity contribution in [3.05, 3.63) is 24.3 Å². The zero-order valence-corrected chi connectivity index (χ0v) is 17.1. The Labute approximate surface area is 162 Å². The van der Waals surface area contributed by atoms with Gasteiger partial charge in [0, 0.05) is 19.6 Å². The topological polar surface area (TPSA) is 68.3 Å². The standard InChI is InChI=1S/C20H32N2O5/c1-6-21(7-2)12-13-22(14-16(3)20(24)26-5)19(23)15-27-18-11-9-8-10-17(18)25-4/h8-11,16H,6-7,12-15H2,1-5H3. The number of ether oxygens (including phenoxy) is 3. The molecule has 152 valence electrons. The number of carbonyl (C=O) groups excluding carboxylic acids is 2. The van der Waals surface area contributed by atoms with Crippen molar-refractivity contribution in [2.75, 3.05) is 53.6 Å². The van der Waals surface area contributed by atoms with E-state index in [0.717, 1.165) is 19.6 Å². The minimum absolute atomic E-state index is 0.119. The smallest absolute Gasteiger partial charge is 0.310 e. The van der Waals surface area contributed by atoms with Crippen LogP contribution in [0.2, 0.25) is 0 Å². The zero-order valence-electron chi connectivity index (χ0n) is 17.1. The Kier molecular flexibility index (Phi) is 10.3. The molecule has 7 nitrogen and oxygen atoms in total. The molecule has 0 aliphatic carbocycles. The van der Waals surface area contributed by atoms with Crippen LogP contribution in [0.15, 0.2) is 24.3 Å². The summed E-state index contributed by atoms with van der Waals surface area (Å²) in [6.07, 6.45) is 0. The molecule has 1 rings (SSSR count). The van der Waals surface area contributed by atoms with Gasteiger partial charge in [0.25, 0.3) is 5.91 Å². The predicted octanol–water partition coefficient (Wildman–Crippen LogP) is 2.05. The van der Waals surface area contributed by atoms with E-state index in [0.29, 0.717) is 24.6 Å². The fourth-order valence-electron chi connectivity index (χ4n) is 2.69. The van der Waals surface area contributed by atoms with E-state index in [4.69, 9.17) is 14.2 Å². The molecule has 1 amide bonds. The summed E-state index contributed by atoms with van der Waals surface area (Å²) >= 11 is 0. The summed E-state index contributed by atoms with van der Waals surface area (Å²) in [5, 5.41) is 0. The summed E-state index contributed by atoms with van der Waals surface area (Å²) in [4.78, 5) is 28.4. The SMILES string of the molecule is CCN(CC)CCN(CC(C)C(=O)OC)C(=O)COc1ccccc1OC. The van der Waals surface area contributed by atoms with Crippen LogP contribution in [0, 0.1) is 5.92 Å². The van der Waals surface area contributed by atoms with E-state index >= 15 is 0 Å². The number of hydrogen-bond donors (Lipinski definition) is 0. The average molecular weight is 380 g/mol. The van der Waals surface area contributed by atoms with Gasteiger partial charge in [-0.2, -0.15) is 0 Å². The number of hydrogen-bond acceptors (Lipinski definition) is 6. The first-order chi connectivity index (χ1) is 13.0. The Morgan fingerprint density at radius 3 is 2.22 bits per heavy atom. The van der Waals surface area contributed by atoms with Crippen LogP contribution in [0.1, 0.15) is 20.8 Å². The van der Waals surface area contributed by atoms with Gasteiger partial charge in [0.1, 0.15) is 0 Å². The van der Waals surface area contributed by atoms with Crippen molar-refractivity contribution >= 4 is 11.9 Å². The highest BCUT2D eigenvalue weighted by Gasteiger charge is 2.22. The molecule has 0 aliphatic heterocycles. The van der Waals surface area contributed by atoms with Crippen molar-refractivity contribution in [3.63, 3.8) is 0 Å². The summed E-state index contributed by atoms with van der Waals surface area (Å²) in [6, 6.07) is 7.18. The van der Waals surface area contributed by atoms with Crippen molar-refractivity contribution < 1.29 is 23.8 Å². The number of esters is 1. The summed E-state index contributed by atoms with van der Waals surface area (Å²) < 4.78 is 15.7. The van der Waals surface area contributed by atoms with E-state index in [2.05, 4.69) is 18.7 Å². The van der Waals surface area contributed by atoms with Crippen LogP contribution in [0.3, 0.4) is 0 Å². The quantitative estimate of drug-likeness (QED) is 0.517. The largest absolute Gasteiger partial charge is 0.493 e. The Morgan fingerprint density at radius 2 is 1.67 bits per heavy atom.